The van der Waals surface area contributed by atoms with Gasteiger partial charge in [0.1, 0.15) is 11.6 Å². The van der Waals surface area contributed by atoms with E-state index in [0.717, 1.165) is 20.7 Å². The average Bonchev–Trinajstić information content (AvgIpc) is 3.08. The van der Waals surface area contributed by atoms with E-state index in [1.807, 2.05) is 48.5 Å². The van der Waals surface area contributed by atoms with E-state index in [1.54, 1.807) is 24.1 Å². The van der Waals surface area contributed by atoms with Crippen LogP contribution in [-0.4, -0.2) is 28.6 Å². The van der Waals surface area contributed by atoms with Crippen molar-refractivity contribution in [1.29, 1.82) is 0 Å². The number of carbonyl (C=O) groups is 1. The van der Waals surface area contributed by atoms with Crippen molar-refractivity contribution in [2.24, 2.45) is 0 Å². The normalized spacial score (nSPS) is 10.5. The van der Waals surface area contributed by atoms with Gasteiger partial charge in [-0.1, -0.05) is 34.1 Å². The lowest BCUT2D eigenvalue weighted by molar-refractivity contribution is -0.113. The summed E-state index contributed by atoms with van der Waals surface area (Å²) >= 11 is 4.89. The third kappa shape index (κ3) is 5.12. The minimum atomic E-state index is -0.0737. The zero-order valence-electron chi connectivity index (χ0n) is 14.2. The molecule has 2 aromatic carbocycles. The molecule has 0 aliphatic rings. The second-order valence-electron chi connectivity index (χ2n) is 5.52. The van der Waals surface area contributed by atoms with Crippen molar-refractivity contribution in [2.75, 3.05) is 18.2 Å². The molecule has 134 valence electrons. The van der Waals surface area contributed by atoms with Gasteiger partial charge in [0.15, 0.2) is 0 Å². The standard InChI is InChI=1S/C19H18BrN3O2S/c1-25-16-3-2-4-17(11-16)26-13-19(24)22-18-9-10-21-23(18)12-14-5-7-15(20)8-6-14/h2-11H,12-13H2,1H3,(H,22,24). The van der Waals surface area contributed by atoms with Crippen molar-refractivity contribution >= 4 is 39.4 Å². The van der Waals surface area contributed by atoms with E-state index in [9.17, 15) is 4.79 Å². The first-order valence-electron chi connectivity index (χ1n) is 7.97. The van der Waals surface area contributed by atoms with Crippen molar-refractivity contribution in [1.82, 2.24) is 9.78 Å². The highest BCUT2D eigenvalue weighted by atomic mass is 79.9. The topological polar surface area (TPSA) is 56.1 Å². The summed E-state index contributed by atoms with van der Waals surface area (Å²) < 4.78 is 8.01. The molecule has 0 atom stereocenters. The van der Waals surface area contributed by atoms with Gasteiger partial charge in [-0.2, -0.15) is 5.10 Å². The maximum atomic E-state index is 12.3. The van der Waals surface area contributed by atoms with Crippen LogP contribution in [-0.2, 0) is 11.3 Å². The average molecular weight is 432 g/mol. The molecule has 1 aromatic heterocycles. The van der Waals surface area contributed by atoms with Crippen molar-refractivity contribution in [3.05, 3.63) is 70.8 Å². The second kappa shape index (κ2) is 8.91. The minimum Gasteiger partial charge on any atom is -0.497 e. The number of carbonyl (C=O) groups excluding carboxylic acids is 1. The number of benzene rings is 2. The van der Waals surface area contributed by atoms with E-state index in [4.69, 9.17) is 4.74 Å². The number of aromatic nitrogens is 2. The molecule has 0 saturated carbocycles. The second-order valence-corrected chi connectivity index (χ2v) is 7.48. The molecule has 0 fully saturated rings. The maximum absolute atomic E-state index is 12.3. The fraction of sp³-hybridized carbons (Fsp3) is 0.158. The number of halogens is 1. The van der Waals surface area contributed by atoms with Crippen LogP contribution in [0.5, 0.6) is 5.75 Å². The molecule has 1 heterocycles. The summed E-state index contributed by atoms with van der Waals surface area (Å²) in [7, 11) is 1.63. The highest BCUT2D eigenvalue weighted by molar-refractivity contribution is 9.10. The first-order chi connectivity index (χ1) is 12.6. The molecule has 0 spiro atoms. The zero-order chi connectivity index (χ0) is 18.4. The number of hydrogen-bond donors (Lipinski definition) is 1. The van der Waals surface area contributed by atoms with Crippen LogP contribution in [0.1, 0.15) is 5.56 Å². The van der Waals surface area contributed by atoms with Gasteiger partial charge in [-0.3, -0.25) is 4.79 Å². The number of thioether (sulfide) groups is 1. The molecule has 0 aliphatic carbocycles. The van der Waals surface area contributed by atoms with E-state index >= 15 is 0 Å². The minimum absolute atomic E-state index is 0.0737. The first-order valence-corrected chi connectivity index (χ1v) is 9.75. The summed E-state index contributed by atoms with van der Waals surface area (Å²) in [5.41, 5.74) is 1.11. The molecule has 0 unspecified atom stereocenters. The number of ether oxygens (including phenoxy) is 1. The predicted octanol–water partition coefficient (Wildman–Crippen LogP) is 4.43. The van der Waals surface area contributed by atoms with Crippen molar-refractivity contribution in [3.8, 4) is 5.75 Å². The molecule has 1 amide bonds. The summed E-state index contributed by atoms with van der Waals surface area (Å²) in [6.45, 7) is 0.596. The lowest BCUT2D eigenvalue weighted by atomic mass is 10.2. The van der Waals surface area contributed by atoms with Gasteiger partial charge >= 0.3 is 0 Å². The largest absolute Gasteiger partial charge is 0.497 e. The number of amides is 1. The number of anilines is 1. The van der Waals surface area contributed by atoms with Crippen LogP contribution in [0, 0.1) is 0 Å². The quantitative estimate of drug-likeness (QED) is 0.562. The van der Waals surface area contributed by atoms with Crippen LogP contribution in [0.3, 0.4) is 0 Å². The molecule has 0 bridgehead atoms. The Morgan fingerprint density at radius 2 is 2.04 bits per heavy atom. The Hall–Kier alpha value is -2.25. The number of methoxy groups -OCH3 is 1. The molecular formula is C19H18BrN3O2S. The summed E-state index contributed by atoms with van der Waals surface area (Å²) in [6.07, 6.45) is 1.68. The van der Waals surface area contributed by atoms with Crippen LogP contribution < -0.4 is 10.1 Å². The molecule has 7 heteroatoms. The zero-order valence-corrected chi connectivity index (χ0v) is 16.6. The Labute approximate surface area is 164 Å². The van der Waals surface area contributed by atoms with E-state index in [0.29, 0.717) is 18.1 Å². The Morgan fingerprint density at radius 1 is 1.23 bits per heavy atom. The highest BCUT2D eigenvalue weighted by Crippen LogP contribution is 2.23. The molecule has 26 heavy (non-hydrogen) atoms. The van der Waals surface area contributed by atoms with E-state index in [-0.39, 0.29) is 5.91 Å². The van der Waals surface area contributed by atoms with Gasteiger partial charge in [0.2, 0.25) is 5.91 Å². The third-order valence-electron chi connectivity index (χ3n) is 3.64. The van der Waals surface area contributed by atoms with Crippen molar-refractivity contribution in [2.45, 2.75) is 11.4 Å². The van der Waals surface area contributed by atoms with Crippen LogP contribution in [0.25, 0.3) is 0 Å². The number of rotatable bonds is 7. The highest BCUT2D eigenvalue weighted by Gasteiger charge is 2.09. The molecule has 3 aromatic rings. The predicted molar refractivity (Wildman–Crippen MR) is 108 cm³/mol. The van der Waals surface area contributed by atoms with Gasteiger partial charge in [-0.15, -0.1) is 11.8 Å². The number of hydrogen-bond acceptors (Lipinski definition) is 4. The summed E-state index contributed by atoms with van der Waals surface area (Å²) in [5, 5.41) is 7.22. The van der Waals surface area contributed by atoms with E-state index < -0.39 is 0 Å². The van der Waals surface area contributed by atoms with Crippen LogP contribution in [0.2, 0.25) is 0 Å². The van der Waals surface area contributed by atoms with Crippen molar-refractivity contribution in [3.63, 3.8) is 0 Å². The Balaban J connectivity index is 1.57. The third-order valence-corrected chi connectivity index (χ3v) is 5.16. The number of nitrogens with zero attached hydrogens (tertiary/aromatic N) is 2. The Kier molecular flexibility index (Phi) is 6.35. The van der Waals surface area contributed by atoms with E-state index in [1.165, 1.54) is 11.8 Å². The molecule has 0 saturated heterocycles. The lowest BCUT2D eigenvalue weighted by Crippen LogP contribution is -2.17. The maximum Gasteiger partial charge on any atom is 0.235 e. The SMILES string of the molecule is COc1cccc(SCC(=O)Nc2ccnn2Cc2ccc(Br)cc2)c1. The molecular weight excluding hydrogens is 414 g/mol. The molecule has 5 nitrogen and oxygen atoms in total. The Morgan fingerprint density at radius 3 is 2.81 bits per heavy atom. The first kappa shape index (κ1) is 18.5. The summed E-state index contributed by atoms with van der Waals surface area (Å²) in [4.78, 5) is 13.3. The van der Waals surface area contributed by atoms with Gasteiger partial charge < -0.3 is 10.1 Å². The Bertz CT molecular complexity index is 881. The monoisotopic (exact) mass is 431 g/mol. The van der Waals surface area contributed by atoms with Crippen LogP contribution in [0.4, 0.5) is 5.82 Å². The smallest absolute Gasteiger partial charge is 0.235 e. The molecule has 3 rings (SSSR count). The fourth-order valence-electron chi connectivity index (χ4n) is 2.35. The van der Waals surface area contributed by atoms with Crippen molar-refractivity contribution < 1.29 is 9.53 Å². The fourth-order valence-corrected chi connectivity index (χ4v) is 3.35. The van der Waals surface area contributed by atoms with E-state index in [2.05, 4.69) is 26.3 Å². The van der Waals surface area contributed by atoms with Gasteiger partial charge in [0.05, 0.1) is 25.6 Å². The lowest BCUT2D eigenvalue weighted by Gasteiger charge is -2.09. The summed E-state index contributed by atoms with van der Waals surface area (Å²) in [5.74, 6) is 1.71. The van der Waals surface area contributed by atoms with Crippen LogP contribution >= 0.6 is 27.7 Å². The van der Waals surface area contributed by atoms with Gasteiger partial charge in [-0.25, -0.2) is 4.68 Å². The van der Waals surface area contributed by atoms with Crippen LogP contribution in [0.15, 0.2) is 70.2 Å². The molecule has 0 radical (unpaired) electrons. The van der Waals surface area contributed by atoms with Gasteiger partial charge in [0, 0.05) is 15.4 Å². The molecule has 1 N–H and O–H groups in total. The molecule has 0 aliphatic heterocycles. The van der Waals surface area contributed by atoms with Gasteiger partial charge in [0.25, 0.3) is 0 Å². The summed E-state index contributed by atoms with van der Waals surface area (Å²) in [6, 6.07) is 17.5. The number of nitrogens with one attached hydrogen (secondary N) is 1. The van der Waals surface area contributed by atoms with Gasteiger partial charge in [-0.05, 0) is 35.9 Å².